The number of allylic oxidation sites excluding steroid dienone is 1. The van der Waals surface area contributed by atoms with Crippen molar-refractivity contribution in [1.29, 1.82) is 0 Å². The Kier molecular flexibility index (Phi) is 7.71. The van der Waals surface area contributed by atoms with Crippen molar-refractivity contribution in [3.63, 3.8) is 0 Å². The minimum absolute atomic E-state index is 0.0297. The topological polar surface area (TPSA) is 98.8 Å². The monoisotopic (exact) mass is 535 g/mol. The second kappa shape index (κ2) is 10.9. The van der Waals surface area contributed by atoms with Gasteiger partial charge in [0, 0.05) is 18.3 Å². The molecule has 0 spiro atoms. The van der Waals surface area contributed by atoms with E-state index in [-0.39, 0.29) is 41.5 Å². The summed E-state index contributed by atoms with van der Waals surface area (Å²) in [6.45, 7) is 4.68. The lowest BCUT2D eigenvalue weighted by Gasteiger charge is -2.57. The molecule has 5 rings (SSSR count). The second-order valence-corrected chi connectivity index (χ2v) is 12.5. The molecular formula is C32H41NO6. The number of amides is 1. The van der Waals surface area contributed by atoms with Crippen LogP contribution in [0.15, 0.2) is 42.0 Å². The Hall–Kier alpha value is -2.96. The molecule has 0 bridgehead atoms. The molecule has 0 heterocycles. The quantitative estimate of drug-likeness (QED) is 0.480. The van der Waals surface area contributed by atoms with Crippen LogP contribution in [0.25, 0.3) is 0 Å². The van der Waals surface area contributed by atoms with Crippen molar-refractivity contribution in [3.05, 3.63) is 47.5 Å². The van der Waals surface area contributed by atoms with Crippen molar-refractivity contribution >= 4 is 23.6 Å². The van der Waals surface area contributed by atoms with Gasteiger partial charge < -0.3 is 14.8 Å². The van der Waals surface area contributed by atoms with Crippen molar-refractivity contribution < 1.29 is 28.7 Å². The lowest BCUT2D eigenvalue weighted by molar-refractivity contribution is -0.160. The number of carbonyl (C=O) groups is 4. The highest BCUT2D eigenvalue weighted by atomic mass is 16.5. The van der Waals surface area contributed by atoms with Gasteiger partial charge in [-0.3, -0.25) is 14.4 Å². The number of methoxy groups -OCH3 is 1. The molecule has 0 aromatic heterocycles. The van der Waals surface area contributed by atoms with Gasteiger partial charge >= 0.3 is 11.9 Å². The second-order valence-electron chi connectivity index (χ2n) is 12.5. The fraction of sp³-hybridized carbons (Fsp3) is 0.625. The van der Waals surface area contributed by atoms with Crippen molar-refractivity contribution in [2.45, 2.75) is 90.2 Å². The highest BCUT2D eigenvalue weighted by Crippen LogP contribution is 2.65. The number of hydrogen-bond acceptors (Lipinski definition) is 6. The van der Waals surface area contributed by atoms with Gasteiger partial charge in [0.05, 0.1) is 13.5 Å². The molecule has 4 aliphatic rings. The highest BCUT2D eigenvalue weighted by molar-refractivity contribution is 5.91. The number of benzene rings is 1. The smallest absolute Gasteiger partial charge is 0.333 e. The fourth-order valence-corrected chi connectivity index (χ4v) is 8.41. The van der Waals surface area contributed by atoms with E-state index < -0.39 is 17.9 Å². The number of carbonyl (C=O) groups excluding carboxylic acids is 4. The maximum absolute atomic E-state index is 12.9. The zero-order chi connectivity index (χ0) is 27.8. The summed E-state index contributed by atoms with van der Waals surface area (Å²) in [5.74, 6) is 0.671. The van der Waals surface area contributed by atoms with Gasteiger partial charge in [0.15, 0.2) is 11.8 Å². The van der Waals surface area contributed by atoms with Crippen LogP contribution in [0.3, 0.4) is 0 Å². The predicted molar refractivity (Wildman–Crippen MR) is 145 cm³/mol. The summed E-state index contributed by atoms with van der Waals surface area (Å²) >= 11 is 0. The van der Waals surface area contributed by atoms with E-state index in [1.54, 1.807) is 24.3 Å². The Morgan fingerprint density at radius 2 is 1.74 bits per heavy atom. The van der Waals surface area contributed by atoms with Crippen molar-refractivity contribution in [2.75, 3.05) is 7.11 Å². The van der Waals surface area contributed by atoms with Crippen LogP contribution in [0, 0.1) is 28.6 Å². The van der Waals surface area contributed by atoms with Crippen LogP contribution >= 0.6 is 0 Å². The molecule has 1 aromatic carbocycles. The zero-order valence-corrected chi connectivity index (χ0v) is 23.4. The molecule has 0 saturated heterocycles. The van der Waals surface area contributed by atoms with Crippen LogP contribution in [-0.2, 0) is 28.7 Å². The zero-order valence-electron chi connectivity index (χ0n) is 23.4. The van der Waals surface area contributed by atoms with Crippen LogP contribution < -0.4 is 5.32 Å². The Bertz CT molecular complexity index is 1160. The first kappa shape index (κ1) is 27.6. The van der Waals surface area contributed by atoms with E-state index >= 15 is 0 Å². The molecule has 0 aliphatic heterocycles. The van der Waals surface area contributed by atoms with Gasteiger partial charge in [-0.25, -0.2) is 4.79 Å². The lowest BCUT2D eigenvalue weighted by atomic mass is 9.47. The maximum Gasteiger partial charge on any atom is 0.333 e. The molecule has 39 heavy (non-hydrogen) atoms. The van der Waals surface area contributed by atoms with Crippen molar-refractivity contribution in [2.24, 2.45) is 28.6 Å². The minimum Gasteiger partial charge on any atom is -0.467 e. The van der Waals surface area contributed by atoms with E-state index in [4.69, 9.17) is 9.47 Å². The van der Waals surface area contributed by atoms with Gasteiger partial charge in [-0.1, -0.05) is 49.8 Å². The first-order valence-corrected chi connectivity index (χ1v) is 14.5. The van der Waals surface area contributed by atoms with Gasteiger partial charge in [0.2, 0.25) is 5.91 Å². The number of ether oxygens (including phenoxy) is 2. The van der Waals surface area contributed by atoms with Crippen molar-refractivity contribution in [3.8, 4) is 0 Å². The fourth-order valence-electron chi connectivity index (χ4n) is 8.41. The number of hydrogen-bond donors (Lipinski definition) is 1. The third kappa shape index (κ3) is 5.17. The Morgan fingerprint density at radius 3 is 2.49 bits per heavy atom. The summed E-state index contributed by atoms with van der Waals surface area (Å²) in [5, 5.41) is 2.70. The average molecular weight is 536 g/mol. The average Bonchev–Trinajstić information content (AvgIpc) is 3.26. The van der Waals surface area contributed by atoms with E-state index in [2.05, 4.69) is 19.2 Å². The number of nitrogens with one attached hydrogen (secondary N) is 1. The molecule has 210 valence electrons. The summed E-state index contributed by atoms with van der Waals surface area (Å²) in [6.07, 6.45) is 9.50. The SMILES string of the molecule is COC(=O)[C@H](NC(=O)CCC(=O)O[C@H]1CC[C@H]2[C@@H]3CCC4=CC(=O)CC[C@]4(C)[C@H]3CC[C@]12C)c1ccccc1. The molecule has 1 aromatic rings. The first-order chi connectivity index (χ1) is 18.7. The summed E-state index contributed by atoms with van der Waals surface area (Å²) < 4.78 is 10.9. The largest absolute Gasteiger partial charge is 0.467 e. The molecule has 7 heteroatoms. The van der Waals surface area contributed by atoms with E-state index in [1.165, 1.54) is 12.7 Å². The predicted octanol–water partition coefficient (Wildman–Crippen LogP) is 5.24. The number of esters is 2. The maximum atomic E-state index is 12.9. The normalized spacial score (nSPS) is 34.0. The van der Waals surface area contributed by atoms with E-state index in [0.717, 1.165) is 44.9 Å². The Labute approximate surface area is 231 Å². The molecule has 0 radical (unpaired) electrons. The van der Waals surface area contributed by atoms with Crippen LogP contribution in [0.1, 0.15) is 89.7 Å². The van der Waals surface area contributed by atoms with E-state index in [0.29, 0.717) is 29.7 Å². The minimum atomic E-state index is -0.917. The van der Waals surface area contributed by atoms with Crippen LogP contribution in [0.2, 0.25) is 0 Å². The van der Waals surface area contributed by atoms with Gasteiger partial charge in [-0.2, -0.15) is 0 Å². The van der Waals surface area contributed by atoms with E-state index in [9.17, 15) is 19.2 Å². The molecule has 4 aliphatic carbocycles. The van der Waals surface area contributed by atoms with Gasteiger partial charge in [0.1, 0.15) is 6.10 Å². The molecule has 3 fully saturated rings. The molecule has 1 N–H and O–H groups in total. The third-order valence-corrected chi connectivity index (χ3v) is 10.6. The third-order valence-electron chi connectivity index (χ3n) is 10.6. The van der Waals surface area contributed by atoms with Gasteiger partial charge in [-0.15, -0.1) is 0 Å². The lowest BCUT2D eigenvalue weighted by Crippen LogP contribution is -2.51. The number of rotatable bonds is 7. The molecule has 1 amide bonds. The summed E-state index contributed by atoms with van der Waals surface area (Å²) in [7, 11) is 1.28. The molecule has 0 unspecified atom stereocenters. The first-order valence-electron chi connectivity index (χ1n) is 14.5. The summed E-state index contributed by atoms with van der Waals surface area (Å²) in [6, 6.07) is 7.99. The van der Waals surface area contributed by atoms with E-state index in [1.807, 2.05) is 12.1 Å². The number of fused-ring (bicyclic) bond motifs is 5. The molecule has 7 nitrogen and oxygen atoms in total. The summed E-state index contributed by atoms with van der Waals surface area (Å²) in [4.78, 5) is 49.9. The number of ketones is 1. The molecule has 3 saturated carbocycles. The van der Waals surface area contributed by atoms with Crippen LogP contribution in [0.4, 0.5) is 0 Å². The van der Waals surface area contributed by atoms with Gasteiger partial charge in [0.25, 0.3) is 0 Å². The van der Waals surface area contributed by atoms with Crippen LogP contribution in [-0.4, -0.2) is 36.8 Å². The summed E-state index contributed by atoms with van der Waals surface area (Å²) in [5.41, 5.74) is 2.07. The Morgan fingerprint density at radius 1 is 0.974 bits per heavy atom. The van der Waals surface area contributed by atoms with Gasteiger partial charge in [-0.05, 0) is 79.8 Å². The standard InChI is InChI=1S/C32H41NO6/c1-31-17-15-22(34)19-21(31)9-10-23-24-11-12-26(32(24,2)18-16-25(23)31)39-28(36)14-13-27(35)33-29(30(37)38-3)20-7-5-4-6-8-20/h4-8,19,23-26,29H,9-18H2,1-3H3,(H,33,35)/t23-,24-,25-,26-,29+,31-,32-/m0/s1. The Balaban J connectivity index is 1.17. The van der Waals surface area contributed by atoms with Crippen LogP contribution in [0.5, 0.6) is 0 Å². The highest BCUT2D eigenvalue weighted by Gasteiger charge is 2.60. The molecule has 7 atom stereocenters. The molecular weight excluding hydrogens is 494 g/mol. The van der Waals surface area contributed by atoms with Crippen molar-refractivity contribution in [1.82, 2.24) is 5.32 Å².